The van der Waals surface area contributed by atoms with Gasteiger partial charge in [-0.2, -0.15) is 0 Å². The van der Waals surface area contributed by atoms with Gasteiger partial charge in [-0.25, -0.2) is 9.97 Å². The number of pyridine rings is 1. The summed E-state index contributed by atoms with van der Waals surface area (Å²) in [4.78, 5) is 41.7. The molecule has 2 aromatic carbocycles. The van der Waals surface area contributed by atoms with Gasteiger partial charge in [0.25, 0.3) is 0 Å². The van der Waals surface area contributed by atoms with Crippen LogP contribution in [-0.4, -0.2) is 89.6 Å². The molecule has 3 fully saturated rings. The van der Waals surface area contributed by atoms with Gasteiger partial charge in [0, 0.05) is 98.4 Å². The number of ether oxygens (including phenoxy) is 2. The van der Waals surface area contributed by atoms with Crippen LogP contribution >= 0.6 is 23.2 Å². The van der Waals surface area contributed by atoms with Crippen molar-refractivity contribution in [2.75, 3.05) is 46.9 Å². The second kappa shape index (κ2) is 14.1. The second-order valence-corrected chi connectivity index (χ2v) is 14.1. The number of benzene rings is 2. The highest BCUT2D eigenvalue weighted by atomic mass is 35.5. The van der Waals surface area contributed by atoms with Crippen molar-refractivity contribution in [2.45, 2.75) is 38.9 Å². The molecule has 3 aliphatic rings. The molecular formula is C37H39Cl2N7O4. The lowest BCUT2D eigenvalue weighted by atomic mass is 9.73. The molecule has 1 atom stereocenters. The SMILES string of the molecule is COc1nc(-c2cccc(-c3cccc(-c4cnc(CN5CC6(C5)CN(C(C)=O)C6)c(OC)n4)c3Cl)c2Cl)ccc1CNC[C@@H]1CCC(=O)N1. The molecule has 11 nitrogen and oxygen atoms in total. The summed E-state index contributed by atoms with van der Waals surface area (Å²) in [6.07, 6.45) is 3.13. The predicted octanol–water partition coefficient (Wildman–Crippen LogP) is 5.23. The van der Waals surface area contributed by atoms with Gasteiger partial charge in [-0.15, -0.1) is 0 Å². The zero-order valence-corrected chi connectivity index (χ0v) is 29.8. The molecule has 13 heteroatoms. The minimum atomic E-state index is 0.0979. The fourth-order valence-corrected chi connectivity index (χ4v) is 7.88. The Bertz CT molecular complexity index is 1940. The highest BCUT2D eigenvalue weighted by Gasteiger charge is 2.52. The maximum absolute atomic E-state index is 11.6. The second-order valence-electron chi connectivity index (χ2n) is 13.4. The monoisotopic (exact) mass is 715 g/mol. The van der Waals surface area contributed by atoms with E-state index in [0.29, 0.717) is 64.8 Å². The number of carbonyl (C=O) groups excluding carboxylic acids is 2. The van der Waals surface area contributed by atoms with Gasteiger partial charge in [-0.1, -0.05) is 65.7 Å². The van der Waals surface area contributed by atoms with Crippen LogP contribution in [0, 0.1) is 5.41 Å². The van der Waals surface area contributed by atoms with Gasteiger partial charge >= 0.3 is 0 Å². The van der Waals surface area contributed by atoms with E-state index in [4.69, 9.17) is 47.6 Å². The van der Waals surface area contributed by atoms with E-state index in [-0.39, 0.29) is 23.3 Å². The molecule has 1 spiro atoms. The van der Waals surface area contributed by atoms with E-state index in [2.05, 4.69) is 15.5 Å². The average molecular weight is 717 g/mol. The van der Waals surface area contributed by atoms with Crippen molar-refractivity contribution in [1.29, 1.82) is 0 Å². The summed E-state index contributed by atoms with van der Waals surface area (Å²) >= 11 is 14.2. The minimum absolute atomic E-state index is 0.0979. The standard InChI is InChI=1S/C37H39Cl2N7O4/c1-22(47)46-20-37(21-46)18-45(19-37)17-31-36(50-3)44-30(16-41-31)28-9-5-7-26(34(28)39)25-6-4-8-27(33(25)38)29-12-10-23(35(43-29)49-2)14-40-15-24-11-13-32(48)42-24/h4-10,12,16,24,40H,11,13-15,17-21H2,1-3H3,(H,42,48)/t24-/m0/s1. The Morgan fingerprint density at radius 2 is 1.56 bits per heavy atom. The molecule has 2 N–H and O–H groups in total. The van der Waals surface area contributed by atoms with Crippen molar-refractivity contribution in [3.05, 3.63) is 76.0 Å². The number of hydrogen-bond donors (Lipinski definition) is 2. The third kappa shape index (κ3) is 6.75. The molecule has 3 aliphatic heterocycles. The van der Waals surface area contributed by atoms with Gasteiger partial charge < -0.3 is 25.0 Å². The van der Waals surface area contributed by atoms with Gasteiger partial charge in [0.2, 0.25) is 23.6 Å². The van der Waals surface area contributed by atoms with Crippen LogP contribution in [0.4, 0.5) is 0 Å². The third-order valence-corrected chi connectivity index (χ3v) is 10.6. The first-order chi connectivity index (χ1) is 24.2. The van der Waals surface area contributed by atoms with Crippen molar-refractivity contribution >= 4 is 35.0 Å². The molecule has 2 amide bonds. The fraction of sp³-hybridized carbons (Fsp3) is 0.378. The number of likely N-dealkylation sites (tertiary alicyclic amines) is 2. The van der Waals surface area contributed by atoms with E-state index in [1.165, 1.54) is 0 Å². The van der Waals surface area contributed by atoms with Crippen LogP contribution in [0.15, 0.2) is 54.7 Å². The largest absolute Gasteiger partial charge is 0.481 e. The van der Waals surface area contributed by atoms with Crippen molar-refractivity contribution < 1.29 is 19.1 Å². The number of methoxy groups -OCH3 is 2. The van der Waals surface area contributed by atoms with E-state index in [0.717, 1.165) is 60.5 Å². The van der Waals surface area contributed by atoms with Gasteiger partial charge in [0.15, 0.2) is 0 Å². The van der Waals surface area contributed by atoms with Crippen molar-refractivity contribution in [1.82, 2.24) is 35.4 Å². The summed E-state index contributed by atoms with van der Waals surface area (Å²) in [5, 5.41) is 7.37. The number of aromatic nitrogens is 3. The van der Waals surface area contributed by atoms with Crippen LogP contribution in [0.25, 0.3) is 33.6 Å². The fourth-order valence-electron chi connectivity index (χ4n) is 7.23. The Morgan fingerprint density at radius 1 is 0.920 bits per heavy atom. The number of amides is 2. The minimum Gasteiger partial charge on any atom is -0.481 e. The predicted molar refractivity (Wildman–Crippen MR) is 192 cm³/mol. The van der Waals surface area contributed by atoms with Crippen LogP contribution < -0.4 is 20.1 Å². The topological polar surface area (TPSA) is 122 Å². The van der Waals surface area contributed by atoms with Crippen molar-refractivity contribution in [3.8, 4) is 45.4 Å². The summed E-state index contributed by atoms with van der Waals surface area (Å²) < 4.78 is 11.3. The summed E-state index contributed by atoms with van der Waals surface area (Å²) in [5.41, 5.74) is 6.07. The summed E-state index contributed by atoms with van der Waals surface area (Å²) in [6.45, 7) is 6.94. The number of halogens is 2. The molecule has 7 rings (SSSR count). The van der Waals surface area contributed by atoms with E-state index < -0.39 is 0 Å². The normalized spacial score (nSPS) is 18.1. The summed E-state index contributed by atoms with van der Waals surface area (Å²) in [6, 6.07) is 15.6. The Kier molecular flexibility index (Phi) is 9.67. The van der Waals surface area contributed by atoms with E-state index in [1.54, 1.807) is 27.3 Å². The van der Waals surface area contributed by atoms with Crippen LogP contribution in [0.3, 0.4) is 0 Å². The lowest BCUT2D eigenvalue weighted by Crippen LogP contribution is -2.72. The maximum Gasteiger partial charge on any atom is 0.237 e. The summed E-state index contributed by atoms with van der Waals surface area (Å²) in [5.74, 6) is 1.18. The van der Waals surface area contributed by atoms with Gasteiger partial charge in [0.05, 0.1) is 41.8 Å². The van der Waals surface area contributed by atoms with Crippen molar-refractivity contribution in [3.63, 3.8) is 0 Å². The lowest BCUT2D eigenvalue weighted by Gasteiger charge is -2.60. The average Bonchev–Trinajstić information content (AvgIpc) is 3.50. The molecule has 0 bridgehead atoms. The van der Waals surface area contributed by atoms with Crippen LogP contribution in [0.1, 0.15) is 31.0 Å². The van der Waals surface area contributed by atoms with Crippen LogP contribution in [-0.2, 0) is 22.7 Å². The van der Waals surface area contributed by atoms with Crippen LogP contribution in [0.5, 0.6) is 11.8 Å². The van der Waals surface area contributed by atoms with Gasteiger partial charge in [-0.05, 0) is 12.5 Å². The van der Waals surface area contributed by atoms with Crippen LogP contribution in [0.2, 0.25) is 10.0 Å². The Hall–Kier alpha value is -4.29. The first-order valence-electron chi connectivity index (χ1n) is 16.7. The van der Waals surface area contributed by atoms with E-state index >= 15 is 0 Å². The first kappa shape index (κ1) is 34.2. The molecule has 3 saturated heterocycles. The van der Waals surface area contributed by atoms with Crippen molar-refractivity contribution in [2.24, 2.45) is 5.41 Å². The number of hydrogen-bond acceptors (Lipinski definition) is 9. The molecule has 0 saturated carbocycles. The number of nitrogens with one attached hydrogen (secondary N) is 2. The maximum atomic E-state index is 11.6. The zero-order valence-electron chi connectivity index (χ0n) is 28.3. The lowest BCUT2D eigenvalue weighted by molar-refractivity contribution is -0.157. The molecule has 2 aromatic heterocycles. The number of nitrogens with zero attached hydrogens (tertiary/aromatic N) is 5. The summed E-state index contributed by atoms with van der Waals surface area (Å²) in [7, 11) is 3.19. The molecular weight excluding hydrogens is 677 g/mol. The van der Waals surface area contributed by atoms with E-state index in [9.17, 15) is 9.59 Å². The van der Waals surface area contributed by atoms with Gasteiger partial charge in [0.1, 0.15) is 5.69 Å². The molecule has 0 aliphatic carbocycles. The molecule has 50 heavy (non-hydrogen) atoms. The molecule has 0 unspecified atom stereocenters. The highest BCUT2D eigenvalue weighted by Crippen LogP contribution is 2.43. The first-order valence-corrected chi connectivity index (χ1v) is 17.4. The Labute approximate surface area is 301 Å². The number of carbonyl (C=O) groups is 2. The molecule has 4 aromatic rings. The number of rotatable bonds is 11. The Morgan fingerprint density at radius 3 is 2.18 bits per heavy atom. The Balaban J connectivity index is 1.08. The third-order valence-electron chi connectivity index (χ3n) is 9.76. The van der Waals surface area contributed by atoms with E-state index in [1.807, 2.05) is 53.4 Å². The quantitative estimate of drug-likeness (QED) is 0.215. The molecule has 260 valence electrons. The molecule has 5 heterocycles. The molecule has 0 radical (unpaired) electrons. The highest BCUT2D eigenvalue weighted by molar-refractivity contribution is 6.39. The zero-order chi connectivity index (χ0) is 35.0. The van der Waals surface area contributed by atoms with Gasteiger partial charge in [-0.3, -0.25) is 19.5 Å². The smallest absolute Gasteiger partial charge is 0.237 e.